The number of halogens is 3. The summed E-state index contributed by atoms with van der Waals surface area (Å²) in [5, 5.41) is 4.54. The van der Waals surface area contributed by atoms with Crippen LogP contribution in [0.2, 0.25) is 0 Å². The number of carbonyl (C=O) groups excluding carboxylic acids is 1. The highest BCUT2D eigenvalue weighted by Crippen LogP contribution is 2.31. The molecule has 0 radical (unpaired) electrons. The first kappa shape index (κ1) is 15.5. The lowest BCUT2D eigenvalue weighted by molar-refractivity contribution is -0.180. The minimum atomic E-state index is -4.17. The van der Waals surface area contributed by atoms with E-state index in [9.17, 15) is 18.0 Å². The summed E-state index contributed by atoms with van der Waals surface area (Å²) >= 11 is 0. The molecule has 0 spiro atoms. The van der Waals surface area contributed by atoms with Crippen molar-refractivity contribution < 1.29 is 18.0 Å². The van der Waals surface area contributed by atoms with Crippen molar-refractivity contribution in [3.8, 4) is 0 Å². The van der Waals surface area contributed by atoms with Crippen molar-refractivity contribution in [3.63, 3.8) is 0 Å². The largest absolute Gasteiger partial charge is 0.393 e. The van der Waals surface area contributed by atoms with Gasteiger partial charge >= 0.3 is 6.18 Å². The molecule has 8 heteroatoms. The Labute approximate surface area is 116 Å². The molecule has 1 amide bonds. The first-order valence-corrected chi connectivity index (χ1v) is 6.90. The predicted octanol–water partition coefficient (Wildman–Crippen LogP) is 0.196. The van der Waals surface area contributed by atoms with Crippen LogP contribution in [0.3, 0.4) is 0 Å². The summed E-state index contributed by atoms with van der Waals surface area (Å²) in [6, 6.07) is -0.520. The molecule has 2 fully saturated rings. The molecule has 2 heterocycles. The molecule has 20 heavy (non-hydrogen) atoms. The molecule has 116 valence electrons. The SMILES string of the molecule is CN1CCN(NC(=O)C2CCC(C(F)(F)F)CN2)CC1. The van der Waals surface area contributed by atoms with E-state index in [2.05, 4.69) is 15.6 Å². The van der Waals surface area contributed by atoms with Crippen LogP contribution in [0.4, 0.5) is 13.2 Å². The molecule has 0 aromatic rings. The van der Waals surface area contributed by atoms with Crippen molar-refractivity contribution in [2.45, 2.75) is 25.1 Å². The van der Waals surface area contributed by atoms with Gasteiger partial charge in [-0.2, -0.15) is 13.2 Å². The highest BCUT2D eigenvalue weighted by atomic mass is 19.4. The standard InChI is InChI=1S/C12H21F3N4O/c1-18-4-6-19(7-5-18)17-11(20)10-3-2-9(8-16-10)12(13,14)15/h9-10,16H,2-8H2,1H3,(H,17,20). The quantitative estimate of drug-likeness (QED) is 0.764. The number of piperidine rings is 1. The maximum atomic E-state index is 12.5. The maximum absolute atomic E-state index is 12.5. The van der Waals surface area contributed by atoms with E-state index in [-0.39, 0.29) is 25.3 Å². The highest BCUT2D eigenvalue weighted by Gasteiger charge is 2.42. The van der Waals surface area contributed by atoms with Crippen LogP contribution in [0.25, 0.3) is 0 Å². The predicted molar refractivity (Wildman–Crippen MR) is 67.8 cm³/mol. The first-order chi connectivity index (χ1) is 9.36. The smallest absolute Gasteiger partial charge is 0.305 e. The van der Waals surface area contributed by atoms with Gasteiger partial charge < -0.3 is 10.2 Å². The second-order valence-corrected chi connectivity index (χ2v) is 5.54. The number of amides is 1. The third-order valence-corrected chi connectivity index (χ3v) is 3.97. The monoisotopic (exact) mass is 294 g/mol. The summed E-state index contributed by atoms with van der Waals surface area (Å²) < 4.78 is 37.6. The summed E-state index contributed by atoms with van der Waals surface area (Å²) in [7, 11) is 2.01. The first-order valence-electron chi connectivity index (χ1n) is 6.90. The van der Waals surface area contributed by atoms with E-state index >= 15 is 0 Å². The van der Waals surface area contributed by atoms with E-state index in [0.29, 0.717) is 0 Å². The molecule has 0 aromatic heterocycles. The van der Waals surface area contributed by atoms with Gasteiger partial charge in [0, 0.05) is 32.7 Å². The number of nitrogens with one attached hydrogen (secondary N) is 2. The number of alkyl halides is 3. The number of hydrogen-bond donors (Lipinski definition) is 2. The highest BCUT2D eigenvalue weighted by molar-refractivity contribution is 5.81. The van der Waals surface area contributed by atoms with Crippen LogP contribution in [0.1, 0.15) is 12.8 Å². The van der Waals surface area contributed by atoms with Gasteiger partial charge in [0.1, 0.15) is 0 Å². The minimum absolute atomic E-state index is 0.0112. The molecule has 2 unspecified atom stereocenters. The van der Waals surface area contributed by atoms with E-state index < -0.39 is 18.1 Å². The zero-order valence-electron chi connectivity index (χ0n) is 11.5. The molecule has 5 nitrogen and oxygen atoms in total. The van der Waals surface area contributed by atoms with Crippen molar-refractivity contribution in [3.05, 3.63) is 0 Å². The molecule has 0 aromatic carbocycles. The number of carbonyl (C=O) groups is 1. The van der Waals surface area contributed by atoms with Gasteiger partial charge in [-0.25, -0.2) is 5.01 Å². The number of nitrogens with zero attached hydrogens (tertiary/aromatic N) is 2. The Kier molecular flexibility index (Phi) is 4.87. The number of rotatable bonds is 2. The Morgan fingerprint density at radius 3 is 2.35 bits per heavy atom. The summed E-state index contributed by atoms with van der Waals surface area (Å²) in [5.41, 5.74) is 2.79. The Bertz CT molecular complexity index is 334. The van der Waals surface area contributed by atoms with E-state index in [1.54, 1.807) is 0 Å². The van der Waals surface area contributed by atoms with Gasteiger partial charge in [0.15, 0.2) is 0 Å². The zero-order chi connectivity index (χ0) is 14.8. The van der Waals surface area contributed by atoms with E-state index in [1.165, 1.54) is 0 Å². The molecule has 2 saturated heterocycles. The fourth-order valence-electron chi connectivity index (χ4n) is 2.51. The normalized spacial score (nSPS) is 30.2. The molecule has 0 bridgehead atoms. The van der Waals surface area contributed by atoms with Crippen LogP contribution >= 0.6 is 0 Å². The molecule has 2 aliphatic heterocycles. The lowest BCUT2D eigenvalue weighted by Gasteiger charge is -2.35. The summed E-state index contributed by atoms with van der Waals surface area (Å²) in [4.78, 5) is 14.2. The van der Waals surface area contributed by atoms with Crippen molar-refractivity contribution in [2.75, 3.05) is 39.8 Å². The number of piperazine rings is 1. The Morgan fingerprint density at radius 2 is 1.85 bits per heavy atom. The van der Waals surface area contributed by atoms with Gasteiger partial charge in [-0.15, -0.1) is 0 Å². The lowest BCUT2D eigenvalue weighted by atomic mass is 9.94. The van der Waals surface area contributed by atoms with Crippen LogP contribution in [-0.4, -0.2) is 67.8 Å². The fraction of sp³-hybridized carbons (Fsp3) is 0.917. The molecule has 2 N–H and O–H groups in total. The average molecular weight is 294 g/mol. The Morgan fingerprint density at radius 1 is 1.20 bits per heavy atom. The average Bonchev–Trinajstić information content (AvgIpc) is 2.40. The maximum Gasteiger partial charge on any atom is 0.393 e. The van der Waals surface area contributed by atoms with Crippen LogP contribution in [0, 0.1) is 5.92 Å². The van der Waals surface area contributed by atoms with Crippen molar-refractivity contribution in [1.29, 1.82) is 0 Å². The third kappa shape index (κ3) is 4.07. The Balaban J connectivity index is 1.75. The minimum Gasteiger partial charge on any atom is -0.305 e. The topological polar surface area (TPSA) is 47.6 Å². The van der Waals surface area contributed by atoms with Crippen LogP contribution in [0.5, 0.6) is 0 Å². The molecular weight excluding hydrogens is 273 g/mol. The molecule has 0 saturated carbocycles. The molecule has 2 atom stereocenters. The molecule has 0 aliphatic carbocycles. The van der Waals surface area contributed by atoms with Crippen LogP contribution in [0.15, 0.2) is 0 Å². The molecule has 2 rings (SSSR count). The van der Waals surface area contributed by atoms with Gasteiger partial charge in [-0.05, 0) is 19.9 Å². The number of likely N-dealkylation sites (N-methyl/N-ethyl adjacent to an activating group) is 1. The third-order valence-electron chi connectivity index (χ3n) is 3.97. The lowest BCUT2D eigenvalue weighted by Crippen LogP contribution is -2.58. The number of hydrogen-bond acceptors (Lipinski definition) is 4. The zero-order valence-corrected chi connectivity index (χ0v) is 11.5. The van der Waals surface area contributed by atoms with E-state index in [4.69, 9.17) is 0 Å². The summed E-state index contributed by atoms with van der Waals surface area (Å²) in [6.07, 6.45) is -3.94. The molecular formula is C12H21F3N4O. The number of hydrazine groups is 1. The van der Waals surface area contributed by atoms with E-state index in [0.717, 1.165) is 26.2 Å². The summed E-state index contributed by atoms with van der Waals surface area (Å²) in [6.45, 7) is 3.04. The molecule has 2 aliphatic rings. The van der Waals surface area contributed by atoms with Crippen molar-refractivity contribution >= 4 is 5.91 Å². The second-order valence-electron chi connectivity index (χ2n) is 5.54. The second kappa shape index (κ2) is 6.28. The fourth-order valence-corrected chi connectivity index (χ4v) is 2.51. The van der Waals surface area contributed by atoms with E-state index in [1.807, 2.05) is 12.1 Å². The van der Waals surface area contributed by atoms with Crippen LogP contribution in [-0.2, 0) is 4.79 Å². The van der Waals surface area contributed by atoms with Gasteiger partial charge in [-0.1, -0.05) is 0 Å². The Hall–Kier alpha value is -0.860. The van der Waals surface area contributed by atoms with Gasteiger partial charge in [0.2, 0.25) is 0 Å². The summed E-state index contributed by atoms with van der Waals surface area (Å²) in [5.74, 6) is -1.56. The van der Waals surface area contributed by atoms with Gasteiger partial charge in [-0.3, -0.25) is 10.2 Å². The van der Waals surface area contributed by atoms with Crippen LogP contribution < -0.4 is 10.7 Å². The van der Waals surface area contributed by atoms with Crippen molar-refractivity contribution in [1.82, 2.24) is 20.7 Å². The van der Waals surface area contributed by atoms with Gasteiger partial charge in [0.25, 0.3) is 5.91 Å². The van der Waals surface area contributed by atoms with Gasteiger partial charge in [0.05, 0.1) is 12.0 Å². The van der Waals surface area contributed by atoms with Crippen molar-refractivity contribution in [2.24, 2.45) is 5.92 Å².